The average Bonchev–Trinajstić information content (AvgIpc) is 2.39. The highest BCUT2D eigenvalue weighted by Crippen LogP contribution is 2.20. The summed E-state index contributed by atoms with van der Waals surface area (Å²) in [5.74, 6) is 0.247. The maximum atomic E-state index is 12.1. The average molecular weight is 292 g/mol. The van der Waals surface area contributed by atoms with Crippen LogP contribution >= 0.6 is 0 Å². The SMILES string of the molecule is Cc1ccc(S(=O)(=O)Oc2cccc(CCO)c2)cc1. The van der Waals surface area contributed by atoms with Gasteiger partial charge in [-0.25, -0.2) is 0 Å². The molecule has 0 aliphatic heterocycles. The van der Waals surface area contributed by atoms with E-state index in [1.165, 1.54) is 12.1 Å². The van der Waals surface area contributed by atoms with Gasteiger partial charge in [0.05, 0.1) is 0 Å². The molecule has 0 atom stereocenters. The highest BCUT2D eigenvalue weighted by atomic mass is 32.2. The van der Waals surface area contributed by atoms with Gasteiger partial charge < -0.3 is 9.29 Å². The zero-order chi connectivity index (χ0) is 14.6. The van der Waals surface area contributed by atoms with E-state index < -0.39 is 10.1 Å². The molecule has 0 bridgehead atoms. The van der Waals surface area contributed by atoms with Crippen molar-refractivity contribution in [3.63, 3.8) is 0 Å². The summed E-state index contributed by atoms with van der Waals surface area (Å²) in [6.07, 6.45) is 0.460. The van der Waals surface area contributed by atoms with Crippen molar-refractivity contribution in [2.75, 3.05) is 6.61 Å². The van der Waals surface area contributed by atoms with Gasteiger partial charge in [0, 0.05) is 6.61 Å². The lowest BCUT2D eigenvalue weighted by atomic mass is 10.1. The Morgan fingerprint density at radius 3 is 2.45 bits per heavy atom. The quantitative estimate of drug-likeness (QED) is 0.859. The first kappa shape index (κ1) is 14.6. The number of benzene rings is 2. The number of rotatable bonds is 5. The molecule has 5 heteroatoms. The molecule has 2 aromatic rings. The fourth-order valence-electron chi connectivity index (χ4n) is 1.76. The van der Waals surface area contributed by atoms with Crippen LogP contribution in [0.5, 0.6) is 5.75 Å². The monoisotopic (exact) mass is 292 g/mol. The number of aliphatic hydroxyl groups excluding tert-OH is 1. The van der Waals surface area contributed by atoms with Gasteiger partial charge in [-0.05, 0) is 43.2 Å². The second-order valence-corrected chi connectivity index (χ2v) is 6.02. The van der Waals surface area contributed by atoms with Crippen molar-refractivity contribution >= 4 is 10.1 Å². The van der Waals surface area contributed by atoms with Gasteiger partial charge in [0.2, 0.25) is 0 Å². The summed E-state index contributed by atoms with van der Waals surface area (Å²) >= 11 is 0. The first-order chi connectivity index (χ1) is 9.51. The third-order valence-electron chi connectivity index (χ3n) is 2.81. The second-order valence-electron chi connectivity index (χ2n) is 4.47. The number of hydrogen-bond acceptors (Lipinski definition) is 4. The molecule has 20 heavy (non-hydrogen) atoms. The van der Waals surface area contributed by atoms with Gasteiger partial charge in [-0.3, -0.25) is 0 Å². The van der Waals surface area contributed by atoms with Crippen LogP contribution in [0.1, 0.15) is 11.1 Å². The topological polar surface area (TPSA) is 63.6 Å². The molecule has 0 saturated heterocycles. The minimum atomic E-state index is -3.82. The van der Waals surface area contributed by atoms with Crippen LogP contribution < -0.4 is 4.18 Å². The molecule has 0 radical (unpaired) electrons. The summed E-state index contributed by atoms with van der Waals surface area (Å²) in [5, 5.41) is 8.89. The van der Waals surface area contributed by atoms with Gasteiger partial charge in [-0.2, -0.15) is 8.42 Å². The van der Waals surface area contributed by atoms with Crippen LogP contribution in [-0.4, -0.2) is 20.1 Å². The second kappa shape index (κ2) is 6.07. The summed E-state index contributed by atoms with van der Waals surface area (Å²) in [6, 6.07) is 13.2. The van der Waals surface area contributed by atoms with E-state index in [9.17, 15) is 8.42 Å². The first-order valence-corrected chi connectivity index (χ1v) is 7.63. The summed E-state index contributed by atoms with van der Waals surface area (Å²) in [6.45, 7) is 1.89. The molecule has 106 valence electrons. The lowest BCUT2D eigenvalue weighted by Gasteiger charge is -2.08. The zero-order valence-corrected chi connectivity index (χ0v) is 11.9. The third-order valence-corrected chi connectivity index (χ3v) is 4.08. The molecule has 0 unspecified atom stereocenters. The van der Waals surface area contributed by atoms with Crippen molar-refractivity contribution in [3.8, 4) is 5.75 Å². The third kappa shape index (κ3) is 3.59. The molecule has 2 rings (SSSR count). The van der Waals surface area contributed by atoms with Crippen LogP contribution in [0.4, 0.5) is 0 Å². The molecule has 0 fully saturated rings. The van der Waals surface area contributed by atoms with Crippen LogP contribution in [0.2, 0.25) is 0 Å². The summed E-state index contributed by atoms with van der Waals surface area (Å²) in [7, 11) is -3.82. The van der Waals surface area contributed by atoms with Crippen LogP contribution in [0.15, 0.2) is 53.4 Å². The minimum absolute atomic E-state index is 0.00810. The highest BCUT2D eigenvalue weighted by Gasteiger charge is 2.16. The highest BCUT2D eigenvalue weighted by molar-refractivity contribution is 7.87. The molecule has 1 N–H and O–H groups in total. The maximum Gasteiger partial charge on any atom is 0.339 e. The maximum absolute atomic E-state index is 12.1. The number of aryl methyl sites for hydroxylation is 1. The molecule has 2 aromatic carbocycles. The summed E-state index contributed by atoms with van der Waals surface area (Å²) in [5.41, 5.74) is 1.80. The molecule has 0 aromatic heterocycles. The van der Waals surface area contributed by atoms with Crippen LogP contribution in [-0.2, 0) is 16.5 Å². The van der Waals surface area contributed by atoms with Crippen molar-refractivity contribution in [3.05, 3.63) is 59.7 Å². The molecule has 0 spiro atoms. The molecule has 0 amide bonds. The van der Waals surface area contributed by atoms with E-state index in [1.54, 1.807) is 30.3 Å². The van der Waals surface area contributed by atoms with Crippen molar-refractivity contribution in [1.29, 1.82) is 0 Å². The lowest BCUT2D eigenvalue weighted by Crippen LogP contribution is -2.09. The van der Waals surface area contributed by atoms with Gasteiger partial charge in [0.15, 0.2) is 0 Å². The number of aliphatic hydroxyl groups is 1. The van der Waals surface area contributed by atoms with E-state index in [-0.39, 0.29) is 17.3 Å². The standard InChI is InChI=1S/C15H16O4S/c1-12-5-7-15(8-6-12)20(17,18)19-14-4-2-3-13(11-14)9-10-16/h2-8,11,16H,9-10H2,1H3. The van der Waals surface area contributed by atoms with Gasteiger partial charge in [0.1, 0.15) is 10.6 Å². The molecule has 0 heterocycles. The van der Waals surface area contributed by atoms with Crippen molar-refractivity contribution in [2.24, 2.45) is 0 Å². The first-order valence-electron chi connectivity index (χ1n) is 6.22. The van der Waals surface area contributed by atoms with Crippen LogP contribution in [0, 0.1) is 6.92 Å². The fourth-order valence-corrected chi connectivity index (χ4v) is 2.68. The van der Waals surface area contributed by atoms with E-state index in [1.807, 2.05) is 13.0 Å². The van der Waals surface area contributed by atoms with E-state index in [0.29, 0.717) is 6.42 Å². The summed E-state index contributed by atoms with van der Waals surface area (Å²) in [4.78, 5) is 0.121. The predicted octanol–water partition coefficient (Wildman–Crippen LogP) is 2.30. The Morgan fingerprint density at radius 1 is 1.10 bits per heavy atom. The molecule has 0 saturated carbocycles. The van der Waals surface area contributed by atoms with Gasteiger partial charge in [-0.15, -0.1) is 0 Å². The Bertz CT molecular complexity index is 675. The zero-order valence-electron chi connectivity index (χ0n) is 11.1. The van der Waals surface area contributed by atoms with Crippen molar-refractivity contribution in [2.45, 2.75) is 18.2 Å². The van der Waals surface area contributed by atoms with E-state index >= 15 is 0 Å². The van der Waals surface area contributed by atoms with Gasteiger partial charge in [0.25, 0.3) is 0 Å². The van der Waals surface area contributed by atoms with Gasteiger partial charge >= 0.3 is 10.1 Å². The molecular weight excluding hydrogens is 276 g/mol. The fraction of sp³-hybridized carbons (Fsp3) is 0.200. The van der Waals surface area contributed by atoms with Crippen LogP contribution in [0.3, 0.4) is 0 Å². The Kier molecular flexibility index (Phi) is 4.42. The lowest BCUT2D eigenvalue weighted by molar-refractivity contribution is 0.299. The van der Waals surface area contributed by atoms with Crippen LogP contribution in [0.25, 0.3) is 0 Å². The smallest absolute Gasteiger partial charge is 0.339 e. The summed E-state index contributed by atoms with van der Waals surface area (Å²) < 4.78 is 29.3. The molecule has 0 aliphatic rings. The molecule has 0 aliphatic carbocycles. The van der Waals surface area contributed by atoms with Gasteiger partial charge in [-0.1, -0.05) is 29.8 Å². The Morgan fingerprint density at radius 2 is 1.80 bits per heavy atom. The largest absolute Gasteiger partial charge is 0.396 e. The Balaban J connectivity index is 2.24. The molecular formula is C15H16O4S. The van der Waals surface area contributed by atoms with Crippen molar-refractivity contribution < 1.29 is 17.7 Å². The Hall–Kier alpha value is -1.85. The number of hydrogen-bond donors (Lipinski definition) is 1. The molecule has 4 nitrogen and oxygen atoms in total. The minimum Gasteiger partial charge on any atom is -0.396 e. The Labute approximate surface area is 118 Å². The van der Waals surface area contributed by atoms with E-state index in [4.69, 9.17) is 9.29 Å². The van der Waals surface area contributed by atoms with E-state index in [2.05, 4.69) is 0 Å². The van der Waals surface area contributed by atoms with Crippen molar-refractivity contribution in [1.82, 2.24) is 0 Å². The van der Waals surface area contributed by atoms with E-state index in [0.717, 1.165) is 11.1 Å². The normalized spacial score (nSPS) is 11.3. The predicted molar refractivity (Wildman–Crippen MR) is 76.2 cm³/mol.